The number of carbonyl (C=O) groups excluding carboxylic acids is 1. The quantitative estimate of drug-likeness (QED) is 0.501. The van der Waals surface area contributed by atoms with Gasteiger partial charge in [0.1, 0.15) is 16.7 Å². The summed E-state index contributed by atoms with van der Waals surface area (Å²) in [4.78, 5) is 29.7. The van der Waals surface area contributed by atoms with E-state index in [-0.39, 0.29) is 17.7 Å². The molecule has 1 heterocycles. The van der Waals surface area contributed by atoms with E-state index in [4.69, 9.17) is 5.26 Å². The highest BCUT2D eigenvalue weighted by molar-refractivity contribution is 8.00. The van der Waals surface area contributed by atoms with Crippen LogP contribution in [0.3, 0.4) is 0 Å². The molecule has 0 aliphatic heterocycles. The number of nitrogens with one attached hydrogen (secondary N) is 2. The molecule has 22 heavy (non-hydrogen) atoms. The first-order valence-corrected chi connectivity index (χ1v) is 8.52. The molecular weight excluding hydrogens is 300 g/mol. The van der Waals surface area contributed by atoms with Gasteiger partial charge in [-0.1, -0.05) is 37.4 Å². The number of nitrogens with zero attached hydrogens (tertiary/aromatic N) is 2. The normalized spacial score (nSPS) is 15.8. The van der Waals surface area contributed by atoms with Gasteiger partial charge in [-0.15, -0.1) is 0 Å². The first-order valence-electron chi connectivity index (χ1n) is 7.53. The van der Waals surface area contributed by atoms with Crippen molar-refractivity contribution in [3.63, 3.8) is 0 Å². The average molecular weight is 320 g/mol. The Morgan fingerprint density at radius 1 is 1.41 bits per heavy atom. The molecule has 0 aromatic carbocycles. The van der Waals surface area contributed by atoms with Gasteiger partial charge in [0.05, 0.1) is 5.75 Å². The number of nitriles is 1. The first-order chi connectivity index (χ1) is 10.6. The maximum atomic E-state index is 12.0. The number of hydrogen-bond acceptors (Lipinski definition) is 5. The molecule has 0 radical (unpaired) electrons. The molecular formula is C15H20N4O2S. The van der Waals surface area contributed by atoms with Crippen LogP contribution in [0.4, 0.5) is 0 Å². The summed E-state index contributed by atoms with van der Waals surface area (Å²) in [5, 5.41) is 12.5. The van der Waals surface area contributed by atoms with Crippen molar-refractivity contribution in [1.29, 1.82) is 5.26 Å². The highest BCUT2D eigenvalue weighted by Gasteiger charge is 2.16. The Kier molecular flexibility index (Phi) is 6.01. The minimum absolute atomic E-state index is 0.0690. The van der Waals surface area contributed by atoms with Crippen LogP contribution in [0.25, 0.3) is 0 Å². The van der Waals surface area contributed by atoms with Crippen LogP contribution >= 0.6 is 11.8 Å². The molecule has 1 aliphatic rings. The lowest BCUT2D eigenvalue weighted by Crippen LogP contribution is -2.35. The van der Waals surface area contributed by atoms with E-state index < -0.39 is 5.69 Å². The standard InChI is InChI=1S/C15H20N4O2S/c1-10-12(8-16)14(19-15(21)17-10)22-9-13(20)18-11-6-4-2-3-5-7-11/h11H,2-7,9H2,1H3,(H,18,20)(H,17,19,21). The summed E-state index contributed by atoms with van der Waals surface area (Å²) in [5.74, 6) is 0.0988. The van der Waals surface area contributed by atoms with E-state index in [9.17, 15) is 9.59 Å². The fraction of sp³-hybridized carbons (Fsp3) is 0.600. The van der Waals surface area contributed by atoms with Gasteiger partial charge in [0.2, 0.25) is 5.91 Å². The first kappa shape index (κ1) is 16.6. The second-order valence-electron chi connectivity index (χ2n) is 5.50. The molecule has 1 saturated carbocycles. The summed E-state index contributed by atoms with van der Waals surface area (Å²) >= 11 is 1.14. The average Bonchev–Trinajstić information content (AvgIpc) is 2.73. The Balaban J connectivity index is 1.94. The van der Waals surface area contributed by atoms with Crippen molar-refractivity contribution in [3.8, 4) is 6.07 Å². The third-order valence-electron chi connectivity index (χ3n) is 3.76. The van der Waals surface area contributed by atoms with Crippen molar-refractivity contribution in [2.24, 2.45) is 0 Å². The molecule has 2 N–H and O–H groups in total. The predicted molar refractivity (Wildman–Crippen MR) is 84.7 cm³/mol. The molecule has 1 aliphatic carbocycles. The van der Waals surface area contributed by atoms with E-state index in [1.165, 1.54) is 12.8 Å². The Morgan fingerprint density at radius 3 is 2.73 bits per heavy atom. The minimum atomic E-state index is -0.497. The lowest BCUT2D eigenvalue weighted by molar-refractivity contribution is -0.119. The van der Waals surface area contributed by atoms with Crippen molar-refractivity contribution in [3.05, 3.63) is 21.7 Å². The molecule has 0 unspecified atom stereocenters. The number of thioether (sulfide) groups is 1. The molecule has 0 bridgehead atoms. The molecule has 1 amide bonds. The van der Waals surface area contributed by atoms with Gasteiger partial charge < -0.3 is 10.3 Å². The van der Waals surface area contributed by atoms with Crippen LogP contribution in [0.1, 0.15) is 49.8 Å². The van der Waals surface area contributed by atoms with Gasteiger partial charge in [0.15, 0.2) is 0 Å². The van der Waals surface area contributed by atoms with E-state index >= 15 is 0 Å². The van der Waals surface area contributed by atoms with Crippen LogP contribution in [0, 0.1) is 18.3 Å². The van der Waals surface area contributed by atoms with Crippen molar-refractivity contribution >= 4 is 17.7 Å². The van der Waals surface area contributed by atoms with E-state index in [2.05, 4.69) is 15.3 Å². The molecule has 0 saturated heterocycles. The van der Waals surface area contributed by atoms with Crippen LogP contribution < -0.4 is 11.0 Å². The van der Waals surface area contributed by atoms with Gasteiger partial charge in [-0.05, 0) is 19.8 Å². The number of aromatic amines is 1. The monoisotopic (exact) mass is 320 g/mol. The molecule has 1 fully saturated rings. The number of carbonyl (C=O) groups is 1. The maximum Gasteiger partial charge on any atom is 0.346 e. The van der Waals surface area contributed by atoms with Gasteiger partial charge in [-0.2, -0.15) is 10.2 Å². The predicted octanol–water partition coefficient (Wildman–Crippen LogP) is 1.88. The topological polar surface area (TPSA) is 98.6 Å². The Morgan fingerprint density at radius 2 is 2.09 bits per heavy atom. The maximum absolute atomic E-state index is 12.0. The van der Waals surface area contributed by atoms with E-state index in [1.807, 2.05) is 6.07 Å². The second-order valence-corrected chi connectivity index (χ2v) is 6.47. The zero-order valence-corrected chi connectivity index (χ0v) is 13.5. The van der Waals surface area contributed by atoms with Crippen molar-refractivity contribution < 1.29 is 4.79 Å². The van der Waals surface area contributed by atoms with Crippen LogP contribution in [-0.2, 0) is 4.79 Å². The zero-order valence-electron chi connectivity index (χ0n) is 12.6. The summed E-state index contributed by atoms with van der Waals surface area (Å²) in [5.41, 5.74) is 0.309. The number of amides is 1. The van der Waals surface area contributed by atoms with Gasteiger partial charge >= 0.3 is 5.69 Å². The molecule has 1 aromatic heterocycles. The third-order valence-corrected chi connectivity index (χ3v) is 4.73. The van der Waals surface area contributed by atoms with Gasteiger partial charge in [-0.3, -0.25) is 4.79 Å². The highest BCUT2D eigenvalue weighted by Crippen LogP contribution is 2.21. The van der Waals surface area contributed by atoms with Crippen LogP contribution in [0.15, 0.2) is 9.82 Å². The van der Waals surface area contributed by atoms with Crippen molar-refractivity contribution in [2.75, 3.05) is 5.75 Å². The summed E-state index contributed by atoms with van der Waals surface area (Å²) in [6.07, 6.45) is 6.85. The summed E-state index contributed by atoms with van der Waals surface area (Å²) < 4.78 is 0. The van der Waals surface area contributed by atoms with E-state index in [1.54, 1.807) is 6.92 Å². The Bertz CT molecular complexity index is 627. The van der Waals surface area contributed by atoms with Crippen molar-refractivity contribution in [1.82, 2.24) is 15.3 Å². The smallest absolute Gasteiger partial charge is 0.346 e. The molecule has 7 heteroatoms. The lowest BCUT2D eigenvalue weighted by Gasteiger charge is -2.16. The van der Waals surface area contributed by atoms with E-state index in [0.29, 0.717) is 16.3 Å². The second kappa shape index (κ2) is 7.99. The van der Waals surface area contributed by atoms with Crippen LogP contribution in [0.2, 0.25) is 0 Å². The van der Waals surface area contributed by atoms with Gasteiger partial charge in [0, 0.05) is 11.7 Å². The number of aryl methyl sites for hydroxylation is 1. The van der Waals surface area contributed by atoms with Gasteiger partial charge in [0.25, 0.3) is 0 Å². The summed E-state index contributed by atoms with van der Waals surface area (Å²) in [7, 11) is 0. The fourth-order valence-electron chi connectivity index (χ4n) is 2.62. The number of H-pyrrole nitrogens is 1. The van der Waals surface area contributed by atoms with E-state index in [0.717, 1.165) is 37.4 Å². The van der Waals surface area contributed by atoms with Crippen molar-refractivity contribution in [2.45, 2.75) is 56.5 Å². The zero-order chi connectivity index (χ0) is 15.9. The molecule has 0 atom stereocenters. The summed E-state index contributed by atoms with van der Waals surface area (Å²) in [6, 6.07) is 2.27. The van der Waals surface area contributed by atoms with Crippen LogP contribution in [0.5, 0.6) is 0 Å². The Hall–Kier alpha value is -1.81. The molecule has 0 spiro atoms. The number of hydrogen-bond donors (Lipinski definition) is 2. The third kappa shape index (κ3) is 4.60. The van der Waals surface area contributed by atoms with Gasteiger partial charge in [-0.25, -0.2) is 4.79 Å². The largest absolute Gasteiger partial charge is 0.353 e. The number of aromatic nitrogens is 2. The Labute approximate surface area is 133 Å². The lowest BCUT2D eigenvalue weighted by atomic mass is 10.1. The summed E-state index contributed by atoms with van der Waals surface area (Å²) in [6.45, 7) is 1.65. The molecule has 1 aromatic rings. The SMILES string of the molecule is Cc1[nH]c(=O)nc(SCC(=O)NC2CCCCCC2)c1C#N. The fourth-order valence-corrected chi connectivity index (χ4v) is 3.46. The molecule has 118 valence electrons. The highest BCUT2D eigenvalue weighted by atomic mass is 32.2. The molecule has 2 rings (SSSR count). The minimum Gasteiger partial charge on any atom is -0.353 e. The van der Waals surface area contributed by atoms with Crippen LogP contribution in [-0.4, -0.2) is 27.7 Å². The molecule has 6 nitrogen and oxygen atoms in total. The number of rotatable bonds is 4.